The number of benzene rings is 3. The lowest BCUT2D eigenvalue weighted by Crippen LogP contribution is -2.28. The molecule has 3 rings (SSSR count). The van der Waals surface area contributed by atoms with Crippen molar-refractivity contribution in [1.82, 2.24) is 0 Å². The molecule has 33 heavy (non-hydrogen) atoms. The van der Waals surface area contributed by atoms with Crippen LogP contribution in [0.25, 0.3) is 0 Å². The highest BCUT2D eigenvalue weighted by atomic mass is 16.5. The van der Waals surface area contributed by atoms with Crippen LogP contribution >= 0.6 is 0 Å². The molecule has 0 atom stereocenters. The number of esters is 2. The molecule has 1 N–H and O–H groups in total. The molecule has 3 aromatic carbocycles. The Morgan fingerprint density at radius 2 is 1.33 bits per heavy atom. The van der Waals surface area contributed by atoms with E-state index in [1.54, 1.807) is 55.6 Å². The molecule has 0 saturated carbocycles. The molecular formula is C25H22N2O6. The number of ether oxygens (including phenoxy) is 2. The maximum Gasteiger partial charge on any atom is 0.339 e. The van der Waals surface area contributed by atoms with E-state index in [-0.39, 0.29) is 22.4 Å². The maximum atomic E-state index is 13.0. The van der Waals surface area contributed by atoms with Gasteiger partial charge in [0.15, 0.2) is 6.61 Å². The first kappa shape index (κ1) is 23.2. The SMILES string of the molecule is COC(=O)c1ccccc1NC(=O)COC(=O)c1ccccc1C(=O)N(C)c1ccccc1. The highest BCUT2D eigenvalue weighted by Gasteiger charge is 2.22. The van der Waals surface area contributed by atoms with Gasteiger partial charge in [-0.05, 0) is 36.4 Å². The van der Waals surface area contributed by atoms with Crippen molar-refractivity contribution in [3.05, 3.63) is 95.6 Å². The average Bonchev–Trinajstić information content (AvgIpc) is 2.86. The summed E-state index contributed by atoms with van der Waals surface area (Å²) >= 11 is 0. The molecule has 0 aliphatic rings. The van der Waals surface area contributed by atoms with Gasteiger partial charge in [-0.2, -0.15) is 0 Å². The number of nitrogens with one attached hydrogen (secondary N) is 1. The summed E-state index contributed by atoms with van der Waals surface area (Å²) in [7, 11) is 2.84. The van der Waals surface area contributed by atoms with E-state index >= 15 is 0 Å². The van der Waals surface area contributed by atoms with Crippen molar-refractivity contribution < 1.29 is 28.7 Å². The lowest BCUT2D eigenvalue weighted by atomic mass is 10.1. The van der Waals surface area contributed by atoms with Gasteiger partial charge >= 0.3 is 11.9 Å². The van der Waals surface area contributed by atoms with E-state index in [2.05, 4.69) is 10.1 Å². The monoisotopic (exact) mass is 446 g/mol. The first-order valence-electron chi connectivity index (χ1n) is 9.99. The number of anilines is 2. The Morgan fingerprint density at radius 3 is 2.00 bits per heavy atom. The molecule has 2 amide bonds. The zero-order valence-corrected chi connectivity index (χ0v) is 18.1. The number of carbonyl (C=O) groups excluding carboxylic acids is 4. The van der Waals surface area contributed by atoms with Crippen LogP contribution < -0.4 is 10.2 Å². The topological polar surface area (TPSA) is 102 Å². The number of nitrogens with zero attached hydrogens (tertiary/aromatic N) is 1. The molecular weight excluding hydrogens is 424 g/mol. The molecule has 8 nitrogen and oxygen atoms in total. The number of amides is 2. The van der Waals surface area contributed by atoms with E-state index in [4.69, 9.17) is 4.74 Å². The predicted octanol–water partition coefficient (Wildman–Crippen LogP) is 3.55. The zero-order valence-electron chi connectivity index (χ0n) is 18.1. The molecule has 0 spiro atoms. The Balaban J connectivity index is 1.69. The quantitative estimate of drug-likeness (QED) is 0.557. The lowest BCUT2D eigenvalue weighted by Gasteiger charge is -2.18. The Bertz CT molecular complexity index is 1180. The second-order valence-electron chi connectivity index (χ2n) is 6.91. The highest BCUT2D eigenvalue weighted by Crippen LogP contribution is 2.19. The molecule has 0 saturated heterocycles. The molecule has 0 aliphatic heterocycles. The van der Waals surface area contributed by atoms with Crippen molar-refractivity contribution in [2.24, 2.45) is 0 Å². The fraction of sp³-hybridized carbons (Fsp3) is 0.120. The van der Waals surface area contributed by atoms with Gasteiger partial charge in [0.1, 0.15) is 0 Å². The molecule has 0 unspecified atom stereocenters. The van der Waals surface area contributed by atoms with E-state index in [1.165, 1.54) is 36.3 Å². The summed E-state index contributed by atoms with van der Waals surface area (Å²) in [4.78, 5) is 51.2. The first-order valence-corrected chi connectivity index (χ1v) is 9.99. The Hall–Kier alpha value is -4.46. The van der Waals surface area contributed by atoms with Crippen LogP contribution in [0.4, 0.5) is 11.4 Å². The molecule has 8 heteroatoms. The van der Waals surface area contributed by atoms with E-state index in [1.807, 2.05) is 6.07 Å². The Kier molecular flexibility index (Phi) is 7.54. The van der Waals surface area contributed by atoms with Gasteiger partial charge in [-0.1, -0.05) is 42.5 Å². The van der Waals surface area contributed by atoms with Crippen molar-refractivity contribution in [3.8, 4) is 0 Å². The lowest BCUT2D eigenvalue weighted by molar-refractivity contribution is -0.119. The first-order chi connectivity index (χ1) is 15.9. The van der Waals surface area contributed by atoms with E-state index < -0.39 is 30.4 Å². The summed E-state index contributed by atoms with van der Waals surface area (Å²) in [6, 6.07) is 21.5. The van der Waals surface area contributed by atoms with Crippen LogP contribution in [0.2, 0.25) is 0 Å². The van der Waals surface area contributed by atoms with Gasteiger partial charge in [0, 0.05) is 12.7 Å². The van der Waals surface area contributed by atoms with Crippen molar-refractivity contribution in [2.45, 2.75) is 0 Å². The van der Waals surface area contributed by atoms with Crippen LogP contribution in [0, 0.1) is 0 Å². The molecule has 0 aliphatic carbocycles. The van der Waals surface area contributed by atoms with Gasteiger partial charge in [-0.25, -0.2) is 9.59 Å². The third-order valence-corrected chi connectivity index (χ3v) is 4.77. The molecule has 0 bridgehead atoms. The Morgan fingerprint density at radius 1 is 0.758 bits per heavy atom. The third-order valence-electron chi connectivity index (χ3n) is 4.77. The minimum Gasteiger partial charge on any atom is -0.465 e. The van der Waals surface area contributed by atoms with Crippen molar-refractivity contribution in [3.63, 3.8) is 0 Å². The third kappa shape index (κ3) is 5.62. The summed E-state index contributed by atoms with van der Waals surface area (Å²) in [6.07, 6.45) is 0. The number of para-hydroxylation sites is 2. The van der Waals surface area contributed by atoms with Crippen LogP contribution in [0.15, 0.2) is 78.9 Å². The van der Waals surface area contributed by atoms with Crippen LogP contribution in [0.3, 0.4) is 0 Å². The summed E-state index contributed by atoms with van der Waals surface area (Å²) in [5.74, 6) is -2.48. The van der Waals surface area contributed by atoms with Gasteiger partial charge < -0.3 is 19.7 Å². The van der Waals surface area contributed by atoms with Crippen LogP contribution in [-0.2, 0) is 14.3 Å². The summed E-state index contributed by atoms with van der Waals surface area (Å²) in [5.41, 5.74) is 1.23. The van der Waals surface area contributed by atoms with Crippen LogP contribution in [0.1, 0.15) is 31.1 Å². The summed E-state index contributed by atoms with van der Waals surface area (Å²) in [5, 5.41) is 2.52. The molecule has 0 heterocycles. The average molecular weight is 446 g/mol. The fourth-order valence-electron chi connectivity index (χ4n) is 3.07. The van der Waals surface area contributed by atoms with Gasteiger partial charge in [-0.15, -0.1) is 0 Å². The smallest absolute Gasteiger partial charge is 0.339 e. The van der Waals surface area contributed by atoms with Gasteiger partial charge in [0.05, 0.1) is 29.5 Å². The molecule has 0 fully saturated rings. The molecule has 3 aromatic rings. The fourth-order valence-corrected chi connectivity index (χ4v) is 3.07. The van der Waals surface area contributed by atoms with Crippen molar-refractivity contribution in [1.29, 1.82) is 0 Å². The predicted molar refractivity (Wildman–Crippen MR) is 122 cm³/mol. The van der Waals surface area contributed by atoms with Crippen molar-refractivity contribution in [2.75, 3.05) is 31.0 Å². The van der Waals surface area contributed by atoms with Crippen molar-refractivity contribution >= 4 is 35.1 Å². The second-order valence-corrected chi connectivity index (χ2v) is 6.91. The zero-order chi connectivity index (χ0) is 23.8. The van der Waals surface area contributed by atoms with Crippen LogP contribution in [-0.4, -0.2) is 44.5 Å². The van der Waals surface area contributed by atoms with E-state index in [0.717, 1.165) is 0 Å². The number of methoxy groups -OCH3 is 1. The largest absolute Gasteiger partial charge is 0.465 e. The molecule has 168 valence electrons. The number of hydrogen-bond acceptors (Lipinski definition) is 6. The minimum atomic E-state index is -0.822. The second kappa shape index (κ2) is 10.7. The highest BCUT2D eigenvalue weighted by molar-refractivity contribution is 6.12. The number of rotatable bonds is 7. The summed E-state index contributed by atoms with van der Waals surface area (Å²) < 4.78 is 9.82. The van der Waals surface area contributed by atoms with Crippen LogP contribution in [0.5, 0.6) is 0 Å². The summed E-state index contributed by atoms with van der Waals surface area (Å²) in [6.45, 7) is -0.606. The maximum absolute atomic E-state index is 13.0. The van der Waals surface area contributed by atoms with E-state index in [9.17, 15) is 19.2 Å². The van der Waals surface area contributed by atoms with E-state index in [0.29, 0.717) is 5.69 Å². The van der Waals surface area contributed by atoms with Gasteiger partial charge in [0.25, 0.3) is 11.8 Å². The van der Waals surface area contributed by atoms with Gasteiger partial charge in [-0.3, -0.25) is 9.59 Å². The molecule has 0 aromatic heterocycles. The van der Waals surface area contributed by atoms with Gasteiger partial charge in [0.2, 0.25) is 0 Å². The number of carbonyl (C=O) groups is 4. The number of hydrogen-bond donors (Lipinski definition) is 1. The standard InChI is InChI=1S/C25H22N2O6/c1-27(17-10-4-3-5-11-17)23(29)18-12-6-7-13-19(18)25(31)33-16-22(28)26-21-15-9-8-14-20(21)24(30)32-2/h3-15H,16H2,1-2H3,(H,26,28). The minimum absolute atomic E-state index is 0.0352. The molecule has 0 radical (unpaired) electrons. The normalized spacial score (nSPS) is 10.1. The Labute approximate surface area is 190 Å².